The van der Waals surface area contributed by atoms with Gasteiger partial charge in [0.2, 0.25) is 0 Å². The van der Waals surface area contributed by atoms with E-state index >= 15 is 0 Å². The van der Waals surface area contributed by atoms with Crippen LogP contribution in [-0.4, -0.2) is 34.1 Å². The van der Waals surface area contributed by atoms with Crippen LogP contribution in [0.25, 0.3) is 32.8 Å². The van der Waals surface area contributed by atoms with Crippen LogP contribution in [-0.2, 0) is 10.1 Å². The van der Waals surface area contributed by atoms with Gasteiger partial charge in [-0.05, 0) is 29.0 Å². The van der Waals surface area contributed by atoms with Crippen molar-refractivity contribution in [2.24, 2.45) is 0 Å². The monoisotopic (exact) mass is 417 g/mol. The second-order valence-corrected chi connectivity index (χ2v) is 7.48. The third kappa shape index (κ3) is 3.61. The molecule has 29 heavy (non-hydrogen) atoms. The molecule has 0 atom stereocenters. The molecule has 3 aromatic carbocycles. The van der Waals surface area contributed by atoms with E-state index in [0.29, 0.717) is 5.52 Å². The van der Waals surface area contributed by atoms with E-state index in [4.69, 9.17) is 0 Å². The molecular weight excluding hydrogens is 405 g/mol. The molecule has 0 unspecified atom stereocenters. The summed E-state index contributed by atoms with van der Waals surface area (Å²) in [7, 11) is -4.76. The van der Waals surface area contributed by atoms with Gasteiger partial charge in [0.15, 0.2) is 0 Å². The molecule has 9 heteroatoms. The van der Waals surface area contributed by atoms with E-state index in [2.05, 4.69) is 4.98 Å². The summed E-state index contributed by atoms with van der Waals surface area (Å²) in [6, 6.07) is 13.2. The number of carbonyl (C=O) groups is 1. The van der Waals surface area contributed by atoms with Gasteiger partial charge in [-0.2, -0.15) is 0 Å². The van der Waals surface area contributed by atoms with E-state index in [1.165, 1.54) is 42.6 Å². The molecule has 0 aliphatic carbocycles. The fourth-order valence-corrected chi connectivity index (χ4v) is 4.06. The summed E-state index contributed by atoms with van der Waals surface area (Å²) in [5, 5.41) is 20.7. The minimum absolute atomic E-state index is 0. The van der Waals surface area contributed by atoms with Crippen molar-refractivity contribution in [3.8, 4) is 16.9 Å². The van der Waals surface area contributed by atoms with Crippen molar-refractivity contribution in [3.63, 3.8) is 0 Å². The first-order chi connectivity index (χ1) is 13.3. The number of aromatic hydroxyl groups is 1. The smallest absolute Gasteiger partial charge is 0.744 e. The molecule has 1 heterocycles. The Morgan fingerprint density at radius 3 is 2.31 bits per heavy atom. The van der Waals surface area contributed by atoms with Crippen molar-refractivity contribution >= 4 is 37.8 Å². The standard InChI is InChI=1S/C20H13NO6S.Na/c22-16-6-2-1-4-11(16)14-10-21-15-9-8-12-13(18(15)19(14)20(23)24)5-3-7-17(12)28(25,26)27;/h1-10,22H,(H,23,24)(H,25,26,27);/q;+1/p-1. The van der Waals surface area contributed by atoms with Gasteiger partial charge in [0.1, 0.15) is 15.9 Å². The predicted octanol–water partition coefficient (Wildman–Crippen LogP) is 0.367. The minimum atomic E-state index is -4.76. The molecule has 0 amide bonds. The minimum Gasteiger partial charge on any atom is -0.744 e. The summed E-state index contributed by atoms with van der Waals surface area (Å²) >= 11 is 0. The summed E-state index contributed by atoms with van der Waals surface area (Å²) in [4.78, 5) is 16.0. The number of nitrogens with zero attached hydrogens (tertiary/aromatic N) is 1. The van der Waals surface area contributed by atoms with Crippen molar-refractivity contribution in [1.29, 1.82) is 0 Å². The SMILES string of the molecule is O=C(O)c1c(-c2ccccc2O)cnc2ccc3c(S(=O)(=O)[O-])cccc3c12.[Na+]. The Hall–Kier alpha value is -2.49. The number of fused-ring (bicyclic) bond motifs is 3. The fourth-order valence-electron chi connectivity index (χ4n) is 3.37. The van der Waals surface area contributed by atoms with E-state index in [1.807, 2.05) is 0 Å². The molecule has 0 bridgehead atoms. The zero-order chi connectivity index (χ0) is 20.1. The van der Waals surface area contributed by atoms with Gasteiger partial charge in [-0.15, -0.1) is 0 Å². The number of hydrogen-bond donors (Lipinski definition) is 2. The molecule has 1 aromatic heterocycles. The molecule has 2 N–H and O–H groups in total. The van der Waals surface area contributed by atoms with Gasteiger partial charge in [0.25, 0.3) is 0 Å². The number of aromatic carboxylic acids is 1. The maximum absolute atomic E-state index is 12.2. The van der Waals surface area contributed by atoms with Crippen molar-refractivity contribution < 1.29 is 57.5 Å². The Kier molecular flexibility index (Phi) is 5.66. The number of hydrogen-bond acceptors (Lipinski definition) is 6. The average Bonchev–Trinajstić information content (AvgIpc) is 2.66. The molecule has 0 fully saturated rings. The van der Waals surface area contributed by atoms with Gasteiger partial charge in [0, 0.05) is 22.7 Å². The van der Waals surface area contributed by atoms with E-state index in [9.17, 15) is 28.0 Å². The molecule has 7 nitrogen and oxygen atoms in total. The van der Waals surface area contributed by atoms with Crippen LogP contribution in [0.2, 0.25) is 0 Å². The maximum Gasteiger partial charge on any atom is 1.00 e. The quantitative estimate of drug-likeness (QED) is 0.280. The van der Waals surface area contributed by atoms with Crippen LogP contribution >= 0.6 is 0 Å². The number of benzene rings is 3. The summed E-state index contributed by atoms with van der Waals surface area (Å²) < 4.78 is 34.8. The van der Waals surface area contributed by atoms with Gasteiger partial charge in [-0.3, -0.25) is 4.98 Å². The second-order valence-electron chi connectivity index (χ2n) is 6.13. The summed E-state index contributed by atoms with van der Waals surface area (Å²) in [6.45, 7) is 0. The number of carboxylic acid groups (broad SMARTS) is 1. The fraction of sp³-hybridized carbons (Fsp3) is 0. The number of carboxylic acids is 1. The van der Waals surface area contributed by atoms with E-state index in [0.717, 1.165) is 0 Å². The molecule has 4 aromatic rings. The number of pyridine rings is 1. The Morgan fingerprint density at radius 1 is 0.931 bits per heavy atom. The van der Waals surface area contributed by atoms with Crippen molar-refractivity contribution in [1.82, 2.24) is 4.98 Å². The molecule has 0 aliphatic rings. The Morgan fingerprint density at radius 2 is 1.66 bits per heavy atom. The predicted molar refractivity (Wildman–Crippen MR) is 101 cm³/mol. The first kappa shape index (κ1) is 21.2. The number of phenolic OH excluding ortho intramolecular Hbond substituents is 1. The second kappa shape index (κ2) is 7.74. The molecule has 4 rings (SSSR count). The number of rotatable bonds is 3. The first-order valence-corrected chi connectivity index (χ1v) is 9.52. The van der Waals surface area contributed by atoms with E-state index in [-0.39, 0.29) is 68.2 Å². The third-order valence-corrected chi connectivity index (χ3v) is 5.42. The van der Waals surface area contributed by atoms with Crippen LogP contribution in [0.15, 0.2) is 65.7 Å². The van der Waals surface area contributed by atoms with Crippen LogP contribution < -0.4 is 29.6 Å². The van der Waals surface area contributed by atoms with Crippen LogP contribution in [0.5, 0.6) is 5.75 Å². The summed E-state index contributed by atoms with van der Waals surface area (Å²) in [5.74, 6) is -1.39. The third-order valence-electron chi connectivity index (χ3n) is 4.53. The van der Waals surface area contributed by atoms with Crippen molar-refractivity contribution in [2.45, 2.75) is 4.90 Å². The Bertz CT molecular complexity index is 1380. The van der Waals surface area contributed by atoms with Crippen molar-refractivity contribution in [3.05, 3.63) is 66.4 Å². The molecule has 140 valence electrons. The largest absolute Gasteiger partial charge is 1.00 e. The number of aromatic nitrogens is 1. The summed E-state index contributed by atoms with van der Waals surface area (Å²) in [6.07, 6.45) is 1.35. The molecule has 0 saturated carbocycles. The van der Waals surface area contributed by atoms with Gasteiger partial charge < -0.3 is 14.8 Å². The molecule has 0 aliphatic heterocycles. The first-order valence-electron chi connectivity index (χ1n) is 8.11. The zero-order valence-electron chi connectivity index (χ0n) is 15.2. The van der Waals surface area contributed by atoms with E-state index < -0.39 is 21.0 Å². The molecular formula is C20H12NNaO6S. The Balaban J connectivity index is 0.00000240. The summed E-state index contributed by atoms with van der Waals surface area (Å²) in [5.41, 5.74) is 0.641. The number of phenols is 1. The number of para-hydroxylation sites is 1. The zero-order valence-corrected chi connectivity index (χ0v) is 18.0. The van der Waals surface area contributed by atoms with Crippen molar-refractivity contribution in [2.75, 3.05) is 0 Å². The molecule has 0 saturated heterocycles. The van der Waals surface area contributed by atoms with Crippen LogP contribution in [0.1, 0.15) is 10.4 Å². The van der Waals surface area contributed by atoms with Gasteiger partial charge in [0.05, 0.1) is 16.0 Å². The van der Waals surface area contributed by atoms with Crippen LogP contribution in [0.4, 0.5) is 0 Å². The topological polar surface area (TPSA) is 128 Å². The van der Waals surface area contributed by atoms with Gasteiger partial charge >= 0.3 is 35.5 Å². The molecule has 0 radical (unpaired) electrons. The van der Waals surface area contributed by atoms with E-state index in [1.54, 1.807) is 18.2 Å². The maximum atomic E-state index is 12.2. The molecule has 0 spiro atoms. The van der Waals surface area contributed by atoms with Crippen LogP contribution in [0, 0.1) is 0 Å². The normalized spacial score (nSPS) is 11.3. The van der Waals surface area contributed by atoms with Crippen LogP contribution in [0.3, 0.4) is 0 Å². The average molecular weight is 417 g/mol. The van der Waals surface area contributed by atoms with Gasteiger partial charge in [-0.1, -0.05) is 36.4 Å². The van der Waals surface area contributed by atoms with Gasteiger partial charge in [-0.25, -0.2) is 13.2 Å². The Labute approximate surface area is 187 Å².